The van der Waals surface area contributed by atoms with Crippen LogP contribution in [0.1, 0.15) is 72.1 Å². The van der Waals surface area contributed by atoms with Crippen LogP contribution in [-0.2, 0) is 0 Å². The Kier molecular flexibility index (Phi) is 7.47. The second-order valence-electron chi connectivity index (χ2n) is 13.8. The molecular formula is C36H42BrN3OS. The zero-order valence-corrected chi connectivity index (χ0v) is 27.4. The van der Waals surface area contributed by atoms with Gasteiger partial charge in [0, 0.05) is 27.2 Å². The summed E-state index contributed by atoms with van der Waals surface area (Å²) >= 11 is 5.23. The van der Waals surface area contributed by atoms with Crippen molar-refractivity contribution >= 4 is 33.0 Å². The first-order valence-electron chi connectivity index (χ1n) is 15.8. The van der Waals surface area contributed by atoms with Crippen molar-refractivity contribution in [1.29, 1.82) is 0 Å². The van der Waals surface area contributed by atoms with Crippen molar-refractivity contribution in [3.8, 4) is 16.9 Å². The third-order valence-electron chi connectivity index (χ3n) is 11.7. The molecule has 0 unspecified atom stereocenters. The number of nitrogens with zero attached hydrogens (tertiary/aromatic N) is 3. The molecule has 42 heavy (non-hydrogen) atoms. The average Bonchev–Trinajstić information content (AvgIpc) is 3.58. The van der Waals surface area contributed by atoms with Gasteiger partial charge >= 0.3 is 0 Å². The number of aliphatic hydroxyl groups is 1. The number of para-hydroxylation sites is 1. The molecular weight excluding hydrogens is 602 g/mol. The number of rotatable bonds is 4. The van der Waals surface area contributed by atoms with E-state index in [1.807, 2.05) is 0 Å². The molecule has 2 aromatic carbocycles. The van der Waals surface area contributed by atoms with E-state index in [0.29, 0.717) is 5.92 Å². The van der Waals surface area contributed by atoms with Gasteiger partial charge in [-0.3, -0.25) is 4.57 Å². The molecule has 7 rings (SSSR count). The molecule has 0 radical (unpaired) electrons. The zero-order valence-electron chi connectivity index (χ0n) is 25.0. The zero-order chi connectivity index (χ0) is 29.1. The molecule has 3 saturated carbocycles. The van der Waals surface area contributed by atoms with Gasteiger partial charge in [-0.25, -0.2) is 0 Å². The van der Waals surface area contributed by atoms with E-state index in [9.17, 15) is 5.11 Å². The summed E-state index contributed by atoms with van der Waals surface area (Å²) in [6, 6.07) is 19.0. The highest BCUT2D eigenvalue weighted by Crippen LogP contribution is 2.66. The Morgan fingerprint density at radius 1 is 0.976 bits per heavy atom. The lowest BCUT2D eigenvalue weighted by molar-refractivity contribution is -0.0423. The van der Waals surface area contributed by atoms with Gasteiger partial charge in [0.05, 0.1) is 11.8 Å². The highest BCUT2D eigenvalue weighted by molar-refractivity contribution is 9.10. The third-order valence-corrected chi connectivity index (χ3v) is 13.1. The monoisotopic (exact) mass is 643 g/mol. The second kappa shape index (κ2) is 11.0. The van der Waals surface area contributed by atoms with Crippen LogP contribution in [0.5, 0.6) is 0 Å². The minimum absolute atomic E-state index is 0.136. The summed E-state index contributed by atoms with van der Waals surface area (Å²) in [7, 11) is 0. The predicted molar refractivity (Wildman–Crippen MR) is 177 cm³/mol. The van der Waals surface area contributed by atoms with Crippen LogP contribution in [0.3, 0.4) is 0 Å². The number of benzene rings is 2. The fourth-order valence-electron chi connectivity index (χ4n) is 9.55. The number of allylic oxidation sites excluding steroid dienone is 1. The van der Waals surface area contributed by atoms with Crippen molar-refractivity contribution < 1.29 is 5.11 Å². The number of fused-ring (bicyclic) bond motifs is 5. The first kappa shape index (κ1) is 28.5. The summed E-state index contributed by atoms with van der Waals surface area (Å²) in [5, 5.41) is 22.5. The molecule has 4 aliphatic rings. The van der Waals surface area contributed by atoms with E-state index in [1.165, 1.54) is 37.8 Å². The fourth-order valence-corrected chi connectivity index (χ4v) is 10.7. The van der Waals surface area contributed by atoms with Crippen molar-refractivity contribution in [2.75, 3.05) is 0 Å². The largest absolute Gasteiger partial charge is 0.393 e. The summed E-state index contributed by atoms with van der Waals surface area (Å²) in [6.07, 6.45) is 11.7. The Morgan fingerprint density at radius 2 is 1.76 bits per heavy atom. The summed E-state index contributed by atoms with van der Waals surface area (Å²) in [4.78, 5) is 0.902. The van der Waals surface area contributed by atoms with E-state index in [0.717, 1.165) is 63.2 Å². The summed E-state index contributed by atoms with van der Waals surface area (Å²) in [5.41, 5.74) is 6.71. The molecule has 6 heteroatoms. The summed E-state index contributed by atoms with van der Waals surface area (Å²) < 4.78 is 3.31. The predicted octanol–water partition coefficient (Wildman–Crippen LogP) is 9.18. The molecule has 3 aromatic rings. The van der Waals surface area contributed by atoms with E-state index >= 15 is 0 Å². The minimum Gasteiger partial charge on any atom is -0.393 e. The molecule has 4 aliphatic carbocycles. The molecule has 7 atom stereocenters. The van der Waals surface area contributed by atoms with Gasteiger partial charge in [-0.15, -0.1) is 16.4 Å². The number of hydrogen-bond donors (Lipinski definition) is 1. The van der Waals surface area contributed by atoms with Crippen molar-refractivity contribution in [2.24, 2.45) is 44.7 Å². The molecule has 220 valence electrons. The third kappa shape index (κ3) is 4.73. The summed E-state index contributed by atoms with van der Waals surface area (Å²) in [5.74, 6) is 2.74. The van der Waals surface area contributed by atoms with Crippen molar-refractivity contribution in [2.45, 2.75) is 78.2 Å². The number of aliphatic hydroxyl groups excluding tert-OH is 1. The number of aromatic nitrogens is 1. The van der Waals surface area contributed by atoms with Crippen LogP contribution in [0.15, 0.2) is 86.3 Å². The van der Waals surface area contributed by atoms with Crippen LogP contribution >= 0.6 is 27.3 Å². The lowest BCUT2D eigenvalue weighted by Crippen LogP contribution is -2.50. The normalized spacial score (nSPS) is 34.9. The number of thiazole rings is 1. The van der Waals surface area contributed by atoms with Gasteiger partial charge in [0.25, 0.3) is 0 Å². The first-order valence-corrected chi connectivity index (χ1v) is 17.4. The maximum Gasteiger partial charge on any atom is 0.215 e. The second-order valence-corrected chi connectivity index (χ2v) is 15.5. The smallest absolute Gasteiger partial charge is 0.215 e. The first-order chi connectivity index (χ1) is 20.3. The molecule has 1 heterocycles. The molecule has 3 fully saturated rings. The maximum atomic E-state index is 10.4. The Bertz CT molecular complexity index is 1590. The van der Waals surface area contributed by atoms with Crippen LogP contribution in [0.2, 0.25) is 0 Å². The van der Waals surface area contributed by atoms with Gasteiger partial charge in [-0.1, -0.05) is 71.8 Å². The van der Waals surface area contributed by atoms with Gasteiger partial charge in [0.15, 0.2) is 0 Å². The Labute approximate surface area is 262 Å². The molecule has 0 bridgehead atoms. The van der Waals surface area contributed by atoms with Crippen molar-refractivity contribution in [3.05, 3.63) is 80.9 Å². The average molecular weight is 645 g/mol. The van der Waals surface area contributed by atoms with E-state index in [4.69, 9.17) is 10.2 Å². The van der Waals surface area contributed by atoms with E-state index < -0.39 is 0 Å². The maximum absolute atomic E-state index is 10.4. The highest BCUT2D eigenvalue weighted by atomic mass is 79.9. The summed E-state index contributed by atoms with van der Waals surface area (Å²) in [6.45, 7) is 7.32. The van der Waals surface area contributed by atoms with Gasteiger partial charge in [-0.05, 0) is 117 Å². The standard InChI is InChI=1S/C36H42BrN3OS/c1-23(38-39-34-40(27-7-5-4-6-8-27)33(22-42-34)24-9-12-26(37)13-10-24)30-15-16-31-29-14-11-25-21-28(41)17-19-35(25,2)32(29)18-20-36(30,31)3/h4-13,22,28-32,41H,14-21H2,1-3H3/b38-23+,39-34-/t28-,29-,30+,31-,32-,35-,36+/m0/s1. The molecule has 0 amide bonds. The van der Waals surface area contributed by atoms with Crippen LogP contribution in [0.25, 0.3) is 16.9 Å². The molecule has 0 aliphatic heterocycles. The van der Waals surface area contributed by atoms with Crippen LogP contribution < -0.4 is 4.80 Å². The van der Waals surface area contributed by atoms with Gasteiger partial charge < -0.3 is 5.11 Å². The fraction of sp³-hybridized carbons (Fsp3) is 0.500. The topological polar surface area (TPSA) is 49.9 Å². The van der Waals surface area contributed by atoms with E-state index in [-0.39, 0.29) is 16.9 Å². The molecule has 0 spiro atoms. The SMILES string of the molecule is C/C(=N\N=c1/scc(-c2ccc(Br)cc2)n1-c1ccccc1)[C@H]1CC[C@H]2[C@@H]3CC=C4C[C@@H](O)CC[C@]4(C)[C@H]3CC[C@]12C. The van der Waals surface area contributed by atoms with Gasteiger partial charge in [0.1, 0.15) is 0 Å². The lowest BCUT2D eigenvalue weighted by Gasteiger charge is -2.58. The highest BCUT2D eigenvalue weighted by Gasteiger charge is 2.59. The van der Waals surface area contributed by atoms with Crippen LogP contribution in [0.4, 0.5) is 0 Å². The Balaban J connectivity index is 1.20. The minimum atomic E-state index is -0.136. The van der Waals surface area contributed by atoms with Crippen molar-refractivity contribution in [3.63, 3.8) is 0 Å². The van der Waals surface area contributed by atoms with Gasteiger partial charge in [0.2, 0.25) is 4.80 Å². The lowest BCUT2D eigenvalue weighted by atomic mass is 9.47. The van der Waals surface area contributed by atoms with E-state index in [2.05, 4.69) is 107 Å². The van der Waals surface area contributed by atoms with E-state index in [1.54, 1.807) is 16.9 Å². The number of hydrogen-bond acceptors (Lipinski definition) is 4. The van der Waals surface area contributed by atoms with Crippen LogP contribution in [-0.4, -0.2) is 21.5 Å². The Morgan fingerprint density at radius 3 is 2.55 bits per heavy atom. The molecule has 1 aromatic heterocycles. The van der Waals surface area contributed by atoms with Crippen molar-refractivity contribution in [1.82, 2.24) is 4.57 Å². The molecule has 4 nitrogen and oxygen atoms in total. The Hall–Kier alpha value is -2.28. The van der Waals surface area contributed by atoms with Gasteiger partial charge in [-0.2, -0.15) is 5.10 Å². The van der Waals surface area contributed by atoms with Crippen LogP contribution in [0, 0.1) is 34.5 Å². The molecule has 0 saturated heterocycles. The number of halogens is 1. The quantitative estimate of drug-likeness (QED) is 0.172. The molecule has 1 N–H and O–H groups in total.